The van der Waals surface area contributed by atoms with E-state index in [1.165, 1.54) is 38.5 Å². The van der Waals surface area contributed by atoms with Gasteiger partial charge in [0, 0.05) is 44.2 Å². The first kappa shape index (κ1) is 24.3. The van der Waals surface area contributed by atoms with Gasteiger partial charge in [0.25, 0.3) is 0 Å². The summed E-state index contributed by atoms with van der Waals surface area (Å²) in [6, 6.07) is 0.454. The smallest absolute Gasteiger partial charge is 0.215 e. The Morgan fingerprint density at radius 2 is 1.85 bits per heavy atom. The zero-order valence-corrected chi connectivity index (χ0v) is 20.0. The lowest BCUT2D eigenvalue weighted by Crippen LogP contribution is -2.47. The first-order chi connectivity index (χ1) is 12.0. The fraction of sp³-hybridized carbons (Fsp3) is 0.941. The molecule has 2 aliphatic rings. The maximum Gasteiger partial charge on any atom is 0.215 e. The first-order valence-corrected chi connectivity index (χ1v) is 12.3. The quantitative estimate of drug-likeness (QED) is 0.308. The lowest BCUT2D eigenvalue weighted by atomic mass is 9.83. The van der Waals surface area contributed by atoms with Gasteiger partial charge in [0.15, 0.2) is 5.96 Å². The summed E-state index contributed by atoms with van der Waals surface area (Å²) in [4.78, 5) is 4.25. The van der Waals surface area contributed by atoms with E-state index in [0.717, 1.165) is 23.4 Å². The molecule has 0 unspecified atom stereocenters. The van der Waals surface area contributed by atoms with Crippen molar-refractivity contribution >= 4 is 51.7 Å². The Kier molecular flexibility index (Phi) is 11.8. The Bertz CT molecular complexity index is 517. The Hall–Kier alpha value is 0.260. The van der Waals surface area contributed by atoms with Gasteiger partial charge in [0.1, 0.15) is 0 Å². The number of thioether (sulfide) groups is 1. The van der Waals surface area contributed by atoms with E-state index in [1.54, 1.807) is 11.4 Å². The SMILES string of the molecule is CCCC1CCC(NC(=NC)NCCS(=O)(=O)N2CCSCC2)CC1.I. The van der Waals surface area contributed by atoms with Crippen LogP contribution in [-0.2, 0) is 10.0 Å². The Morgan fingerprint density at radius 1 is 1.19 bits per heavy atom. The average molecular weight is 519 g/mol. The van der Waals surface area contributed by atoms with Crippen molar-refractivity contribution in [2.24, 2.45) is 10.9 Å². The number of guanidine groups is 1. The normalized spacial score (nSPS) is 25.4. The van der Waals surface area contributed by atoms with Crippen LogP contribution in [-0.4, -0.2) is 68.7 Å². The summed E-state index contributed by atoms with van der Waals surface area (Å²) >= 11 is 1.82. The van der Waals surface area contributed by atoms with Gasteiger partial charge < -0.3 is 10.6 Å². The molecule has 2 rings (SSSR count). The lowest BCUT2D eigenvalue weighted by molar-refractivity contribution is 0.295. The molecule has 0 spiro atoms. The van der Waals surface area contributed by atoms with Gasteiger partial charge >= 0.3 is 0 Å². The summed E-state index contributed by atoms with van der Waals surface area (Å²) in [6.07, 6.45) is 7.53. The largest absolute Gasteiger partial charge is 0.355 e. The molecular formula is C17H35IN4O2S2. The predicted molar refractivity (Wildman–Crippen MR) is 123 cm³/mol. The van der Waals surface area contributed by atoms with Crippen molar-refractivity contribution in [1.82, 2.24) is 14.9 Å². The van der Waals surface area contributed by atoms with Crippen molar-refractivity contribution in [3.05, 3.63) is 0 Å². The molecule has 1 aliphatic heterocycles. The van der Waals surface area contributed by atoms with Crippen molar-refractivity contribution in [2.75, 3.05) is 43.9 Å². The topological polar surface area (TPSA) is 73.8 Å². The van der Waals surface area contributed by atoms with Gasteiger partial charge in [-0.2, -0.15) is 11.8 Å². The van der Waals surface area contributed by atoms with Crippen LogP contribution in [0, 0.1) is 5.92 Å². The highest BCUT2D eigenvalue weighted by Crippen LogP contribution is 2.27. The average Bonchev–Trinajstić information content (AvgIpc) is 2.63. The molecular weight excluding hydrogens is 483 g/mol. The maximum atomic E-state index is 12.4. The van der Waals surface area contributed by atoms with Gasteiger partial charge in [-0.3, -0.25) is 4.99 Å². The fourth-order valence-corrected chi connectivity index (χ4v) is 6.14. The van der Waals surface area contributed by atoms with Crippen LogP contribution >= 0.6 is 35.7 Å². The predicted octanol–water partition coefficient (Wildman–Crippen LogP) is 2.51. The summed E-state index contributed by atoms with van der Waals surface area (Å²) in [5.41, 5.74) is 0. The standard InChI is InChI=1S/C17H34N4O2S2.HI/c1-3-4-15-5-7-16(8-6-15)20-17(18-2)19-9-14-25(22,23)21-10-12-24-13-11-21;/h15-16H,3-14H2,1-2H3,(H2,18,19,20);1H. The molecule has 6 nitrogen and oxygen atoms in total. The van der Waals surface area contributed by atoms with Crippen LogP contribution in [0.4, 0.5) is 0 Å². The highest BCUT2D eigenvalue weighted by Gasteiger charge is 2.24. The lowest BCUT2D eigenvalue weighted by Gasteiger charge is -2.30. The van der Waals surface area contributed by atoms with E-state index in [1.807, 2.05) is 11.8 Å². The highest BCUT2D eigenvalue weighted by molar-refractivity contribution is 14.0. The second-order valence-corrected chi connectivity index (χ2v) is 10.3. The van der Waals surface area contributed by atoms with Crippen molar-refractivity contribution in [1.29, 1.82) is 0 Å². The molecule has 0 bridgehead atoms. The minimum absolute atomic E-state index is 0. The van der Waals surface area contributed by atoms with Gasteiger partial charge in [-0.15, -0.1) is 24.0 Å². The van der Waals surface area contributed by atoms with Crippen LogP contribution in [0.2, 0.25) is 0 Å². The van der Waals surface area contributed by atoms with Gasteiger partial charge in [-0.05, 0) is 31.6 Å². The van der Waals surface area contributed by atoms with E-state index < -0.39 is 10.0 Å². The van der Waals surface area contributed by atoms with Gasteiger partial charge in [-0.25, -0.2) is 12.7 Å². The number of sulfonamides is 1. The van der Waals surface area contributed by atoms with Crippen LogP contribution in [0.3, 0.4) is 0 Å². The van der Waals surface area contributed by atoms with Crippen molar-refractivity contribution in [2.45, 2.75) is 51.5 Å². The maximum absolute atomic E-state index is 12.4. The summed E-state index contributed by atoms with van der Waals surface area (Å²) < 4.78 is 26.3. The third kappa shape index (κ3) is 8.10. The molecule has 26 heavy (non-hydrogen) atoms. The molecule has 1 heterocycles. The van der Waals surface area contributed by atoms with Crippen LogP contribution in [0.25, 0.3) is 0 Å². The van der Waals surface area contributed by atoms with Gasteiger partial charge in [0.2, 0.25) is 10.0 Å². The minimum Gasteiger partial charge on any atom is -0.355 e. The fourth-order valence-electron chi connectivity index (χ4n) is 3.64. The zero-order valence-electron chi connectivity index (χ0n) is 16.1. The summed E-state index contributed by atoms with van der Waals surface area (Å²) in [7, 11) is -1.41. The van der Waals surface area contributed by atoms with E-state index >= 15 is 0 Å². The van der Waals surface area contributed by atoms with E-state index in [0.29, 0.717) is 25.7 Å². The number of halogens is 1. The zero-order chi connectivity index (χ0) is 18.1. The molecule has 0 atom stereocenters. The second-order valence-electron chi connectivity index (χ2n) is 6.98. The highest BCUT2D eigenvalue weighted by atomic mass is 127. The number of rotatable bonds is 7. The molecule has 9 heteroatoms. The van der Waals surface area contributed by atoms with Crippen molar-refractivity contribution < 1.29 is 8.42 Å². The molecule has 2 fully saturated rings. The molecule has 0 aromatic carbocycles. The van der Waals surface area contributed by atoms with E-state index in [2.05, 4.69) is 22.5 Å². The molecule has 0 aromatic rings. The van der Waals surface area contributed by atoms with E-state index in [-0.39, 0.29) is 29.7 Å². The van der Waals surface area contributed by atoms with Crippen LogP contribution in [0.1, 0.15) is 45.4 Å². The van der Waals surface area contributed by atoms with Crippen LogP contribution < -0.4 is 10.6 Å². The summed E-state index contributed by atoms with van der Waals surface area (Å²) in [5.74, 6) is 3.53. The first-order valence-electron chi connectivity index (χ1n) is 9.58. The minimum atomic E-state index is -3.16. The van der Waals surface area contributed by atoms with E-state index in [4.69, 9.17) is 0 Å². The summed E-state index contributed by atoms with van der Waals surface area (Å²) in [6.45, 7) is 3.94. The molecule has 154 valence electrons. The number of hydrogen-bond acceptors (Lipinski definition) is 4. The number of hydrogen-bond donors (Lipinski definition) is 2. The number of aliphatic imine (C=N–C) groups is 1. The third-order valence-corrected chi connectivity index (χ3v) is 7.94. The van der Waals surface area contributed by atoms with Crippen LogP contribution in [0.5, 0.6) is 0 Å². The van der Waals surface area contributed by atoms with Crippen molar-refractivity contribution in [3.8, 4) is 0 Å². The van der Waals surface area contributed by atoms with Gasteiger partial charge in [-0.1, -0.05) is 19.8 Å². The molecule has 2 N–H and O–H groups in total. The molecule has 0 amide bonds. The molecule has 0 radical (unpaired) electrons. The number of nitrogens with zero attached hydrogens (tertiary/aromatic N) is 2. The second kappa shape index (κ2) is 12.7. The monoisotopic (exact) mass is 518 g/mol. The molecule has 1 saturated heterocycles. The summed E-state index contributed by atoms with van der Waals surface area (Å²) in [5, 5.41) is 6.64. The van der Waals surface area contributed by atoms with Crippen LogP contribution in [0.15, 0.2) is 4.99 Å². The third-order valence-electron chi connectivity index (χ3n) is 5.12. The Balaban J connectivity index is 0.00000338. The Labute approximate surface area is 180 Å². The number of nitrogens with one attached hydrogen (secondary N) is 2. The van der Waals surface area contributed by atoms with Gasteiger partial charge in [0.05, 0.1) is 5.75 Å². The molecule has 1 saturated carbocycles. The molecule has 0 aromatic heterocycles. The molecule has 1 aliphatic carbocycles. The Morgan fingerprint density at radius 3 is 2.42 bits per heavy atom. The van der Waals surface area contributed by atoms with Crippen molar-refractivity contribution in [3.63, 3.8) is 0 Å². The van der Waals surface area contributed by atoms with E-state index in [9.17, 15) is 8.42 Å².